The van der Waals surface area contributed by atoms with Crippen LogP contribution in [-0.4, -0.2) is 41.5 Å². The number of halogens is 1. The van der Waals surface area contributed by atoms with Crippen LogP contribution in [0.2, 0.25) is 5.02 Å². The predicted molar refractivity (Wildman–Crippen MR) is 121 cm³/mol. The van der Waals surface area contributed by atoms with Crippen molar-refractivity contribution in [3.63, 3.8) is 0 Å². The summed E-state index contributed by atoms with van der Waals surface area (Å²) in [5.74, 6) is 0.561. The number of hydrogen-bond acceptors (Lipinski definition) is 3. The van der Waals surface area contributed by atoms with Gasteiger partial charge < -0.3 is 15.5 Å². The van der Waals surface area contributed by atoms with Crippen LogP contribution in [0.15, 0.2) is 42.6 Å². The summed E-state index contributed by atoms with van der Waals surface area (Å²) in [5, 5.41) is 6.67. The Morgan fingerprint density at radius 1 is 1.13 bits per heavy atom. The Hall–Kier alpha value is -2.60. The normalized spacial score (nSPS) is 24.1. The minimum Gasteiger partial charge on any atom is -0.341 e. The second kappa shape index (κ2) is 8.87. The molecule has 1 aromatic heterocycles. The van der Waals surface area contributed by atoms with Crippen LogP contribution >= 0.6 is 11.6 Å². The van der Waals surface area contributed by atoms with Gasteiger partial charge in [-0.2, -0.15) is 0 Å². The van der Waals surface area contributed by atoms with E-state index in [1.807, 2.05) is 55.3 Å². The van der Waals surface area contributed by atoms with Crippen LogP contribution in [0.4, 0.5) is 4.79 Å². The largest absolute Gasteiger partial charge is 0.341 e. The van der Waals surface area contributed by atoms with Crippen LogP contribution in [0.1, 0.15) is 47.3 Å². The molecule has 2 fully saturated rings. The lowest BCUT2D eigenvalue weighted by Gasteiger charge is -2.58. The Balaban J connectivity index is 1.14. The molecule has 2 aliphatic rings. The average Bonchev–Trinajstić information content (AvgIpc) is 2.70. The highest BCUT2D eigenvalue weighted by Gasteiger charge is 2.53. The van der Waals surface area contributed by atoms with E-state index in [0.29, 0.717) is 28.5 Å². The number of carbonyl (C=O) groups excluding carboxylic acids is 2. The number of rotatable bonds is 6. The molecule has 0 radical (unpaired) electrons. The summed E-state index contributed by atoms with van der Waals surface area (Å²) in [6, 6.07) is 11.3. The molecule has 2 saturated carbocycles. The number of nitrogens with one attached hydrogen (secondary N) is 2. The fourth-order valence-corrected chi connectivity index (χ4v) is 5.15. The van der Waals surface area contributed by atoms with Crippen LogP contribution < -0.4 is 10.6 Å². The molecule has 0 bridgehead atoms. The van der Waals surface area contributed by atoms with Gasteiger partial charge >= 0.3 is 6.03 Å². The zero-order chi connectivity index (χ0) is 22.0. The van der Waals surface area contributed by atoms with E-state index in [4.69, 9.17) is 11.6 Å². The molecule has 2 aliphatic carbocycles. The Morgan fingerprint density at radius 2 is 1.84 bits per heavy atom. The van der Waals surface area contributed by atoms with Gasteiger partial charge in [0.15, 0.2) is 0 Å². The summed E-state index contributed by atoms with van der Waals surface area (Å²) in [5.41, 5.74) is 2.92. The van der Waals surface area contributed by atoms with Crippen LogP contribution in [0.3, 0.4) is 0 Å². The third kappa shape index (κ3) is 5.18. The van der Waals surface area contributed by atoms with Crippen molar-refractivity contribution in [2.45, 2.75) is 45.2 Å². The topological polar surface area (TPSA) is 74.3 Å². The highest BCUT2D eigenvalue weighted by Crippen LogP contribution is 2.58. The van der Waals surface area contributed by atoms with E-state index in [2.05, 4.69) is 15.6 Å². The number of pyridine rings is 1. The average molecular weight is 441 g/mol. The number of carbonyl (C=O) groups is 2. The first-order chi connectivity index (χ1) is 14.8. The number of nitrogens with zero attached hydrogens (tertiary/aromatic N) is 2. The Labute approximate surface area is 188 Å². The number of aryl methyl sites for hydroxylation is 1. The molecule has 1 aromatic carbocycles. The number of benzene rings is 1. The fourth-order valence-electron chi connectivity index (χ4n) is 5.02. The minimum absolute atomic E-state index is 0.0268. The molecule has 0 unspecified atom stereocenters. The van der Waals surface area contributed by atoms with Crippen LogP contribution in [0.25, 0.3) is 0 Å². The number of hydrogen-bond donors (Lipinski definition) is 2. The smallest absolute Gasteiger partial charge is 0.315 e. The molecule has 3 amide bonds. The quantitative estimate of drug-likeness (QED) is 0.707. The maximum atomic E-state index is 12.6. The highest BCUT2D eigenvalue weighted by molar-refractivity contribution is 6.30. The fraction of sp³-hybridized carbons (Fsp3) is 0.458. The SMILES string of the molecule is Cc1ccc(C(=O)N(C)CC2CC3(C2)CC(NC(=O)NCc2ccc(Cl)cc2)C3)cn1. The first-order valence-corrected chi connectivity index (χ1v) is 11.2. The molecule has 0 atom stereocenters. The Morgan fingerprint density at radius 3 is 2.48 bits per heavy atom. The van der Waals surface area contributed by atoms with Crippen LogP contribution in [0, 0.1) is 18.3 Å². The molecule has 2 aromatic rings. The third-order valence-electron chi connectivity index (χ3n) is 6.54. The summed E-state index contributed by atoms with van der Waals surface area (Å²) >= 11 is 5.88. The van der Waals surface area contributed by atoms with Gasteiger partial charge in [-0.25, -0.2) is 4.79 Å². The van der Waals surface area contributed by atoms with Gasteiger partial charge in [0, 0.05) is 43.1 Å². The van der Waals surface area contributed by atoms with E-state index in [-0.39, 0.29) is 18.0 Å². The van der Waals surface area contributed by atoms with Crippen molar-refractivity contribution in [3.05, 3.63) is 64.4 Å². The molecule has 0 saturated heterocycles. The minimum atomic E-state index is -0.122. The third-order valence-corrected chi connectivity index (χ3v) is 6.79. The van der Waals surface area contributed by atoms with E-state index < -0.39 is 0 Å². The number of amides is 3. The number of aromatic nitrogens is 1. The summed E-state index contributed by atoms with van der Waals surface area (Å²) < 4.78 is 0. The van der Waals surface area contributed by atoms with Crippen LogP contribution in [-0.2, 0) is 6.54 Å². The van der Waals surface area contributed by atoms with E-state index in [0.717, 1.165) is 43.5 Å². The van der Waals surface area contributed by atoms with Gasteiger partial charge in [-0.15, -0.1) is 0 Å². The van der Waals surface area contributed by atoms with Crippen LogP contribution in [0.5, 0.6) is 0 Å². The van der Waals surface area contributed by atoms with Gasteiger partial charge in [0.1, 0.15) is 0 Å². The van der Waals surface area contributed by atoms with E-state index in [1.54, 1.807) is 6.20 Å². The molecule has 164 valence electrons. The molecule has 2 N–H and O–H groups in total. The van der Waals surface area contributed by atoms with Gasteiger partial charge in [0.2, 0.25) is 0 Å². The summed E-state index contributed by atoms with van der Waals surface area (Å²) in [4.78, 5) is 30.7. The summed E-state index contributed by atoms with van der Waals surface area (Å²) in [7, 11) is 1.86. The zero-order valence-electron chi connectivity index (χ0n) is 18.0. The van der Waals surface area contributed by atoms with E-state index in [1.165, 1.54) is 0 Å². The van der Waals surface area contributed by atoms with Gasteiger partial charge in [-0.1, -0.05) is 23.7 Å². The van der Waals surface area contributed by atoms with E-state index in [9.17, 15) is 9.59 Å². The molecule has 1 spiro atoms. The zero-order valence-corrected chi connectivity index (χ0v) is 18.8. The molecule has 0 aliphatic heterocycles. The predicted octanol–water partition coefficient (Wildman–Crippen LogP) is 4.17. The molecule has 4 rings (SSSR count). The lowest BCUT2D eigenvalue weighted by molar-refractivity contribution is -0.0525. The molecule has 31 heavy (non-hydrogen) atoms. The second-order valence-corrected chi connectivity index (χ2v) is 9.64. The lowest BCUT2D eigenvalue weighted by atomic mass is 9.50. The van der Waals surface area contributed by atoms with Gasteiger partial charge in [0.25, 0.3) is 5.91 Å². The molecular weight excluding hydrogens is 412 g/mol. The standard InChI is InChI=1S/C24H29ClN4O2/c1-16-3-6-19(14-26-16)22(30)29(2)15-18-9-24(10-18)11-21(12-24)28-23(31)27-13-17-4-7-20(25)8-5-17/h3-8,14,18,21H,9-13,15H2,1-2H3,(H2,27,28,31). The first-order valence-electron chi connectivity index (χ1n) is 10.8. The first kappa shape index (κ1) is 21.6. The Kier molecular flexibility index (Phi) is 6.19. The molecule has 7 heteroatoms. The van der Waals surface area contributed by atoms with Crippen molar-refractivity contribution in [1.82, 2.24) is 20.5 Å². The van der Waals surface area contributed by atoms with Crippen molar-refractivity contribution < 1.29 is 9.59 Å². The van der Waals surface area contributed by atoms with Crippen molar-refractivity contribution in [3.8, 4) is 0 Å². The highest BCUT2D eigenvalue weighted by atomic mass is 35.5. The van der Waals surface area contributed by atoms with Gasteiger partial charge in [0.05, 0.1) is 5.56 Å². The van der Waals surface area contributed by atoms with Crippen molar-refractivity contribution >= 4 is 23.5 Å². The number of urea groups is 1. The molecule has 1 heterocycles. The maximum absolute atomic E-state index is 12.6. The van der Waals surface area contributed by atoms with E-state index >= 15 is 0 Å². The maximum Gasteiger partial charge on any atom is 0.315 e. The Bertz CT molecular complexity index is 931. The summed E-state index contributed by atoms with van der Waals surface area (Å²) in [6.07, 6.45) is 5.95. The second-order valence-electron chi connectivity index (χ2n) is 9.21. The van der Waals surface area contributed by atoms with Crippen molar-refractivity contribution in [2.24, 2.45) is 11.3 Å². The van der Waals surface area contributed by atoms with Crippen molar-refractivity contribution in [1.29, 1.82) is 0 Å². The van der Waals surface area contributed by atoms with Crippen molar-refractivity contribution in [2.75, 3.05) is 13.6 Å². The molecular formula is C24H29ClN4O2. The summed E-state index contributed by atoms with van der Waals surface area (Å²) in [6.45, 7) is 3.17. The molecule has 6 nitrogen and oxygen atoms in total. The lowest BCUT2D eigenvalue weighted by Crippen LogP contribution is -2.58. The van der Waals surface area contributed by atoms with Gasteiger partial charge in [-0.05, 0) is 73.8 Å². The monoisotopic (exact) mass is 440 g/mol. The van der Waals surface area contributed by atoms with Gasteiger partial charge in [-0.3, -0.25) is 9.78 Å².